The van der Waals surface area contributed by atoms with E-state index in [1.807, 2.05) is 0 Å². The highest BCUT2D eigenvalue weighted by Crippen LogP contribution is 2.32. The molecule has 2 aromatic rings. The zero-order valence-corrected chi connectivity index (χ0v) is 12.3. The largest absolute Gasteiger partial charge is 0.506 e. The molecule has 0 spiro atoms. The summed E-state index contributed by atoms with van der Waals surface area (Å²) in [5.41, 5.74) is 1.14. The molecule has 6 heteroatoms. The molecule has 0 saturated carbocycles. The fourth-order valence-corrected chi connectivity index (χ4v) is 2.55. The standard InChI is InChI=1S/C15H11Cl2NO3/c16-9-2-4-13-8(5-9)6-14(21-13)15(20)18-11-7-10(17)1-3-12(11)19/h1-5,7,14,19H,6H2,(H,18,20). The van der Waals surface area contributed by atoms with E-state index in [1.165, 1.54) is 18.2 Å². The number of ether oxygens (including phenoxy) is 1. The third-order valence-corrected chi connectivity index (χ3v) is 3.68. The summed E-state index contributed by atoms with van der Waals surface area (Å²) in [5.74, 6) is 0.251. The van der Waals surface area contributed by atoms with Gasteiger partial charge in [-0.3, -0.25) is 4.79 Å². The molecule has 0 aromatic heterocycles. The van der Waals surface area contributed by atoms with Gasteiger partial charge in [-0.1, -0.05) is 23.2 Å². The summed E-state index contributed by atoms with van der Waals surface area (Å²) in [6, 6.07) is 9.67. The van der Waals surface area contributed by atoms with Crippen molar-refractivity contribution in [2.45, 2.75) is 12.5 Å². The maximum Gasteiger partial charge on any atom is 0.265 e. The van der Waals surface area contributed by atoms with Crippen LogP contribution < -0.4 is 10.1 Å². The van der Waals surface area contributed by atoms with Gasteiger partial charge in [0.2, 0.25) is 0 Å². The zero-order valence-electron chi connectivity index (χ0n) is 10.8. The first kappa shape index (κ1) is 14.0. The van der Waals surface area contributed by atoms with Crippen LogP contribution >= 0.6 is 23.2 Å². The lowest BCUT2D eigenvalue weighted by Gasteiger charge is -2.12. The minimum absolute atomic E-state index is 0.0497. The van der Waals surface area contributed by atoms with E-state index in [9.17, 15) is 9.90 Å². The van der Waals surface area contributed by atoms with Crippen molar-refractivity contribution in [1.82, 2.24) is 0 Å². The summed E-state index contributed by atoms with van der Waals surface area (Å²) >= 11 is 11.8. The van der Waals surface area contributed by atoms with Crippen molar-refractivity contribution in [2.75, 3.05) is 5.32 Å². The molecule has 2 aromatic carbocycles. The van der Waals surface area contributed by atoms with E-state index in [-0.39, 0.29) is 17.3 Å². The van der Waals surface area contributed by atoms with Crippen LogP contribution in [0.2, 0.25) is 10.0 Å². The molecule has 1 aliphatic rings. The molecule has 0 aliphatic carbocycles. The van der Waals surface area contributed by atoms with Gasteiger partial charge in [0.15, 0.2) is 6.10 Å². The molecule has 0 radical (unpaired) electrons. The highest BCUT2D eigenvalue weighted by atomic mass is 35.5. The number of nitrogens with one attached hydrogen (secondary N) is 1. The zero-order chi connectivity index (χ0) is 15.0. The van der Waals surface area contributed by atoms with Gasteiger partial charge >= 0.3 is 0 Å². The molecule has 1 atom stereocenters. The van der Waals surface area contributed by atoms with Crippen molar-refractivity contribution in [2.24, 2.45) is 0 Å². The van der Waals surface area contributed by atoms with Crippen molar-refractivity contribution < 1.29 is 14.6 Å². The van der Waals surface area contributed by atoms with E-state index in [1.54, 1.807) is 18.2 Å². The molecule has 3 rings (SSSR count). The number of halogens is 2. The van der Waals surface area contributed by atoms with Crippen LogP contribution in [0.1, 0.15) is 5.56 Å². The molecular weight excluding hydrogens is 313 g/mol. The van der Waals surface area contributed by atoms with Crippen LogP contribution in [0.4, 0.5) is 5.69 Å². The Bertz CT molecular complexity index is 718. The number of aromatic hydroxyl groups is 1. The second-order valence-electron chi connectivity index (χ2n) is 4.71. The third-order valence-electron chi connectivity index (χ3n) is 3.21. The Balaban J connectivity index is 1.74. The van der Waals surface area contributed by atoms with Crippen LogP contribution in [0.25, 0.3) is 0 Å². The molecular formula is C15H11Cl2NO3. The van der Waals surface area contributed by atoms with Gasteiger partial charge in [-0.25, -0.2) is 0 Å². The number of phenols is 1. The Kier molecular flexibility index (Phi) is 3.66. The summed E-state index contributed by atoms with van der Waals surface area (Å²) in [6.07, 6.45) is -0.222. The normalized spacial score (nSPS) is 16.2. The van der Waals surface area contributed by atoms with E-state index >= 15 is 0 Å². The Labute approximate surface area is 131 Å². The number of amides is 1. The average molecular weight is 324 g/mol. The number of benzene rings is 2. The molecule has 1 heterocycles. The van der Waals surface area contributed by atoms with Crippen molar-refractivity contribution >= 4 is 34.8 Å². The number of hydrogen-bond acceptors (Lipinski definition) is 3. The van der Waals surface area contributed by atoms with E-state index in [0.29, 0.717) is 22.2 Å². The number of fused-ring (bicyclic) bond motifs is 1. The predicted molar refractivity (Wildman–Crippen MR) is 81.3 cm³/mol. The highest BCUT2D eigenvalue weighted by Gasteiger charge is 2.29. The summed E-state index contributed by atoms with van der Waals surface area (Å²) in [4.78, 5) is 12.2. The summed E-state index contributed by atoms with van der Waals surface area (Å²) in [7, 11) is 0. The first-order valence-electron chi connectivity index (χ1n) is 6.27. The minimum Gasteiger partial charge on any atom is -0.506 e. The van der Waals surface area contributed by atoms with E-state index in [4.69, 9.17) is 27.9 Å². The average Bonchev–Trinajstić information content (AvgIpc) is 2.86. The lowest BCUT2D eigenvalue weighted by Crippen LogP contribution is -2.31. The van der Waals surface area contributed by atoms with Gasteiger partial charge < -0.3 is 15.2 Å². The van der Waals surface area contributed by atoms with Gasteiger partial charge in [-0.05, 0) is 42.0 Å². The topological polar surface area (TPSA) is 58.6 Å². The van der Waals surface area contributed by atoms with Crippen molar-refractivity contribution in [3.05, 3.63) is 52.0 Å². The predicted octanol–water partition coefficient (Wildman–Crippen LogP) is 3.64. The number of phenolic OH excluding ortho intramolecular Hbond substituents is 1. The molecule has 0 fully saturated rings. The summed E-state index contributed by atoms with van der Waals surface area (Å²) < 4.78 is 5.58. The molecule has 108 valence electrons. The van der Waals surface area contributed by atoms with Crippen molar-refractivity contribution in [3.8, 4) is 11.5 Å². The quantitative estimate of drug-likeness (QED) is 0.829. The molecule has 2 N–H and O–H groups in total. The lowest BCUT2D eigenvalue weighted by molar-refractivity contribution is -0.122. The number of carbonyl (C=O) groups excluding carboxylic acids is 1. The minimum atomic E-state index is -0.656. The first-order valence-corrected chi connectivity index (χ1v) is 7.03. The molecule has 1 amide bonds. The molecule has 0 saturated heterocycles. The second-order valence-corrected chi connectivity index (χ2v) is 5.59. The Morgan fingerprint density at radius 1 is 1.19 bits per heavy atom. The molecule has 0 bridgehead atoms. The van der Waals surface area contributed by atoms with Gasteiger partial charge in [0.25, 0.3) is 5.91 Å². The lowest BCUT2D eigenvalue weighted by atomic mass is 10.1. The fraction of sp³-hybridized carbons (Fsp3) is 0.133. The number of rotatable bonds is 2. The van der Waals surface area contributed by atoms with Crippen LogP contribution in [0.3, 0.4) is 0 Å². The molecule has 21 heavy (non-hydrogen) atoms. The van der Waals surface area contributed by atoms with Crippen molar-refractivity contribution in [3.63, 3.8) is 0 Å². The van der Waals surface area contributed by atoms with Crippen molar-refractivity contribution in [1.29, 1.82) is 0 Å². The number of hydrogen-bond donors (Lipinski definition) is 2. The molecule has 1 unspecified atom stereocenters. The van der Waals surface area contributed by atoms with Crippen LogP contribution in [0.5, 0.6) is 11.5 Å². The number of carbonyl (C=O) groups is 1. The second kappa shape index (κ2) is 5.47. The van der Waals surface area contributed by atoms with Crippen LogP contribution in [0.15, 0.2) is 36.4 Å². The maximum absolute atomic E-state index is 12.2. The summed E-state index contributed by atoms with van der Waals surface area (Å²) in [6.45, 7) is 0. The van der Waals surface area contributed by atoms with E-state index in [2.05, 4.69) is 5.32 Å². The SMILES string of the molecule is O=C(Nc1cc(Cl)ccc1O)C1Cc2cc(Cl)ccc2O1. The highest BCUT2D eigenvalue weighted by molar-refractivity contribution is 6.31. The van der Waals surface area contributed by atoms with Gasteiger partial charge in [-0.15, -0.1) is 0 Å². The van der Waals surface area contributed by atoms with E-state index in [0.717, 1.165) is 5.56 Å². The van der Waals surface area contributed by atoms with Crippen LogP contribution in [0, 0.1) is 0 Å². The van der Waals surface area contributed by atoms with Crippen LogP contribution in [-0.4, -0.2) is 17.1 Å². The van der Waals surface area contributed by atoms with E-state index < -0.39 is 6.10 Å². The maximum atomic E-state index is 12.2. The Morgan fingerprint density at radius 2 is 1.90 bits per heavy atom. The van der Waals surface area contributed by atoms with Gasteiger partial charge in [0.05, 0.1) is 5.69 Å². The monoisotopic (exact) mass is 323 g/mol. The fourth-order valence-electron chi connectivity index (χ4n) is 2.19. The number of anilines is 1. The molecule has 1 aliphatic heterocycles. The van der Waals surface area contributed by atoms with Gasteiger partial charge in [-0.2, -0.15) is 0 Å². The smallest absolute Gasteiger partial charge is 0.265 e. The first-order chi connectivity index (χ1) is 10.0. The van der Waals surface area contributed by atoms with Crippen LogP contribution in [-0.2, 0) is 11.2 Å². The molecule has 4 nitrogen and oxygen atoms in total. The Morgan fingerprint density at radius 3 is 2.71 bits per heavy atom. The van der Waals surface area contributed by atoms with Gasteiger partial charge in [0.1, 0.15) is 11.5 Å². The summed E-state index contributed by atoms with van der Waals surface area (Å²) in [5, 5.41) is 13.3. The van der Waals surface area contributed by atoms with Gasteiger partial charge in [0, 0.05) is 16.5 Å². The Hall–Kier alpha value is -1.91. The third kappa shape index (κ3) is 2.91.